The molecule has 1 spiro atoms. The minimum atomic E-state index is 0.126. The zero-order chi connectivity index (χ0) is 20.3. The molecule has 3 unspecified atom stereocenters. The Bertz CT molecular complexity index is 712. The highest BCUT2D eigenvalue weighted by molar-refractivity contribution is 8.21. The molecule has 5 aliphatic rings. The van der Waals surface area contributed by atoms with Gasteiger partial charge in [-0.3, -0.25) is 4.79 Å². The molecule has 0 bridgehead atoms. The van der Waals surface area contributed by atoms with Crippen molar-refractivity contribution in [2.45, 2.75) is 75.4 Å². The summed E-state index contributed by atoms with van der Waals surface area (Å²) in [5.41, 5.74) is 2.33. The molecule has 4 aliphatic carbocycles. The van der Waals surface area contributed by atoms with Crippen molar-refractivity contribution in [2.24, 2.45) is 34.5 Å². The van der Waals surface area contributed by atoms with Crippen molar-refractivity contribution in [1.82, 2.24) is 0 Å². The van der Waals surface area contributed by atoms with Crippen molar-refractivity contribution in [2.75, 3.05) is 11.5 Å². The molecule has 1 saturated heterocycles. The van der Waals surface area contributed by atoms with E-state index in [2.05, 4.69) is 56.1 Å². The monoisotopic (exact) mass is 432 g/mol. The van der Waals surface area contributed by atoms with Crippen molar-refractivity contribution in [1.29, 1.82) is 0 Å². The van der Waals surface area contributed by atoms with Crippen LogP contribution in [0, 0.1) is 34.5 Å². The fraction of sp³-hybridized carbons (Fsp3) is 0.800. The van der Waals surface area contributed by atoms with Crippen LogP contribution in [0.5, 0.6) is 0 Å². The van der Waals surface area contributed by atoms with E-state index in [4.69, 9.17) is 4.74 Å². The molecule has 3 saturated carbocycles. The molecule has 1 heterocycles. The van der Waals surface area contributed by atoms with Crippen molar-refractivity contribution >= 4 is 30.0 Å². The van der Waals surface area contributed by atoms with Gasteiger partial charge >= 0.3 is 0 Å². The van der Waals surface area contributed by atoms with Crippen LogP contribution in [0.4, 0.5) is 0 Å². The Hall–Kier alpha value is -0.350. The van der Waals surface area contributed by atoms with E-state index in [1.165, 1.54) is 50.0 Å². The molecule has 29 heavy (non-hydrogen) atoms. The van der Waals surface area contributed by atoms with Crippen molar-refractivity contribution in [3.05, 3.63) is 24.3 Å². The first kappa shape index (κ1) is 20.5. The Labute approximate surface area is 185 Å². The summed E-state index contributed by atoms with van der Waals surface area (Å²) < 4.78 is 6.00. The van der Waals surface area contributed by atoms with E-state index < -0.39 is 0 Å². The fourth-order valence-electron chi connectivity index (χ4n) is 8.22. The predicted octanol–water partition coefficient (Wildman–Crippen LogP) is 6.47. The van der Waals surface area contributed by atoms with E-state index in [0.717, 1.165) is 24.7 Å². The molecule has 0 aromatic carbocycles. The van der Waals surface area contributed by atoms with Gasteiger partial charge in [-0.1, -0.05) is 31.6 Å². The lowest BCUT2D eigenvalue weighted by Crippen LogP contribution is -2.54. The van der Waals surface area contributed by atoms with Crippen molar-refractivity contribution in [3.8, 4) is 0 Å². The Morgan fingerprint density at radius 3 is 2.66 bits per heavy atom. The number of carbonyl (C=O) groups is 1. The Morgan fingerprint density at radius 1 is 1.14 bits per heavy atom. The third-order valence-corrected chi connectivity index (χ3v) is 13.1. The molecule has 1 aliphatic heterocycles. The molecule has 5 rings (SSSR count). The lowest BCUT2D eigenvalue weighted by atomic mass is 9.44. The summed E-state index contributed by atoms with van der Waals surface area (Å²) in [5, 5.41) is 0. The maximum atomic E-state index is 11.1. The van der Waals surface area contributed by atoms with Gasteiger partial charge in [-0.05, 0) is 80.5 Å². The van der Waals surface area contributed by atoms with Gasteiger partial charge < -0.3 is 4.74 Å². The third-order valence-electron chi connectivity index (χ3n) is 9.68. The summed E-state index contributed by atoms with van der Waals surface area (Å²) in [6, 6.07) is 0. The number of hydrogen-bond donors (Lipinski definition) is 0. The largest absolute Gasteiger partial charge is 0.464 e. The van der Waals surface area contributed by atoms with Crippen LogP contribution in [0.25, 0.3) is 0 Å². The quantitative estimate of drug-likeness (QED) is 0.376. The average molecular weight is 433 g/mol. The second-order valence-electron chi connectivity index (χ2n) is 10.7. The van der Waals surface area contributed by atoms with Gasteiger partial charge in [0, 0.05) is 16.9 Å². The SMILES string of the molecule is C=CC[C@@H]1CC2=CC3(CC[C@]2(C)C2CC[C@@]4(C)C(CC[C@@H]4OC=O)C21)SCCS3. The highest BCUT2D eigenvalue weighted by atomic mass is 32.2. The van der Waals surface area contributed by atoms with E-state index >= 15 is 0 Å². The van der Waals surface area contributed by atoms with Crippen LogP contribution in [0.2, 0.25) is 0 Å². The lowest BCUT2D eigenvalue weighted by Gasteiger charge is -2.61. The molecule has 160 valence electrons. The normalized spacial score (nSPS) is 47.7. The van der Waals surface area contributed by atoms with E-state index in [0.29, 0.717) is 27.8 Å². The van der Waals surface area contributed by atoms with Gasteiger partial charge in [0.25, 0.3) is 6.47 Å². The summed E-state index contributed by atoms with van der Waals surface area (Å²) in [4.78, 5) is 11.1. The minimum Gasteiger partial charge on any atom is -0.464 e. The standard InChI is InChI=1S/C25H36O2S2/c1-4-5-17-14-18-15-25(28-12-13-29-25)11-10-23(18,2)20-8-9-24(3)19(22(17)20)6-7-21(24)27-16-26/h4,15-17,19-22H,1,5-14H2,2-3H3/t17-,19?,20?,21+,22?,23+,24+/m1/s1. The summed E-state index contributed by atoms with van der Waals surface area (Å²) in [7, 11) is 0. The van der Waals surface area contributed by atoms with Crippen molar-refractivity contribution in [3.63, 3.8) is 0 Å². The third kappa shape index (κ3) is 3.02. The summed E-state index contributed by atoms with van der Waals surface area (Å²) in [6.07, 6.45) is 14.9. The van der Waals surface area contributed by atoms with Gasteiger partial charge in [0.15, 0.2) is 0 Å². The maximum Gasteiger partial charge on any atom is 0.293 e. The minimum absolute atomic E-state index is 0.126. The zero-order valence-electron chi connectivity index (χ0n) is 18.0. The molecular weight excluding hydrogens is 396 g/mol. The molecule has 4 heteroatoms. The molecule has 0 amide bonds. The molecule has 0 radical (unpaired) electrons. The Morgan fingerprint density at radius 2 is 1.93 bits per heavy atom. The molecule has 4 fully saturated rings. The van der Waals surface area contributed by atoms with Gasteiger partial charge in [0.05, 0.1) is 4.08 Å². The highest BCUT2D eigenvalue weighted by Gasteiger charge is 2.62. The Balaban J connectivity index is 1.51. The summed E-state index contributed by atoms with van der Waals surface area (Å²) in [5.74, 6) is 5.57. The Kier molecular flexibility index (Phi) is 5.22. The van der Waals surface area contributed by atoms with Crippen LogP contribution in [0.3, 0.4) is 0 Å². The lowest BCUT2D eigenvalue weighted by molar-refractivity contribution is -0.146. The average Bonchev–Trinajstić information content (AvgIpc) is 3.29. The second-order valence-corrected chi connectivity index (χ2v) is 13.8. The number of ether oxygens (including phenoxy) is 1. The molecule has 7 atom stereocenters. The summed E-state index contributed by atoms with van der Waals surface area (Å²) >= 11 is 4.40. The van der Waals surface area contributed by atoms with E-state index in [-0.39, 0.29) is 11.5 Å². The summed E-state index contributed by atoms with van der Waals surface area (Å²) in [6.45, 7) is 9.87. The van der Waals surface area contributed by atoms with Crippen LogP contribution in [0.15, 0.2) is 24.3 Å². The number of hydrogen-bond acceptors (Lipinski definition) is 4. The van der Waals surface area contributed by atoms with Crippen LogP contribution < -0.4 is 0 Å². The number of allylic oxidation sites excluding steroid dienone is 2. The zero-order valence-corrected chi connectivity index (χ0v) is 19.7. The second kappa shape index (κ2) is 7.36. The molecule has 0 aromatic heterocycles. The first-order valence-corrected chi connectivity index (χ1v) is 13.6. The number of thioether (sulfide) groups is 2. The van der Waals surface area contributed by atoms with E-state index in [1.54, 1.807) is 5.57 Å². The van der Waals surface area contributed by atoms with Crippen LogP contribution in [0.1, 0.15) is 65.2 Å². The van der Waals surface area contributed by atoms with Crippen LogP contribution in [-0.4, -0.2) is 28.2 Å². The maximum absolute atomic E-state index is 11.1. The van der Waals surface area contributed by atoms with Gasteiger partial charge in [-0.15, -0.1) is 30.1 Å². The first-order valence-electron chi connectivity index (χ1n) is 11.7. The topological polar surface area (TPSA) is 26.3 Å². The highest BCUT2D eigenvalue weighted by Crippen LogP contribution is 2.69. The van der Waals surface area contributed by atoms with Crippen LogP contribution >= 0.6 is 23.5 Å². The van der Waals surface area contributed by atoms with Gasteiger partial charge in [-0.2, -0.15) is 0 Å². The van der Waals surface area contributed by atoms with Gasteiger partial charge in [-0.25, -0.2) is 0 Å². The molecule has 0 aromatic rings. The number of carbonyl (C=O) groups excluding carboxylic acids is 1. The van der Waals surface area contributed by atoms with E-state index in [9.17, 15) is 4.79 Å². The van der Waals surface area contributed by atoms with Gasteiger partial charge in [0.1, 0.15) is 6.10 Å². The number of rotatable bonds is 4. The number of fused-ring (bicyclic) bond motifs is 5. The van der Waals surface area contributed by atoms with Gasteiger partial charge in [0.2, 0.25) is 0 Å². The first-order chi connectivity index (χ1) is 14.0. The fourth-order valence-corrected chi connectivity index (χ4v) is 11.4. The molecular formula is C25H36O2S2. The smallest absolute Gasteiger partial charge is 0.293 e. The molecule has 2 nitrogen and oxygen atoms in total. The van der Waals surface area contributed by atoms with Crippen molar-refractivity contribution < 1.29 is 9.53 Å². The predicted molar refractivity (Wildman–Crippen MR) is 124 cm³/mol. The van der Waals surface area contributed by atoms with Crippen LogP contribution in [-0.2, 0) is 9.53 Å². The van der Waals surface area contributed by atoms with E-state index in [1.807, 2.05) is 0 Å². The molecule has 0 N–H and O–H groups in total.